The van der Waals surface area contributed by atoms with Gasteiger partial charge in [0.05, 0.1) is 21.9 Å². The maximum Gasteiger partial charge on any atom is 0.229 e. The fourth-order valence-corrected chi connectivity index (χ4v) is 5.87. The Labute approximate surface area is 212 Å². The average molecular weight is 515 g/mol. The van der Waals surface area contributed by atoms with Crippen LogP contribution in [0.1, 0.15) is 26.2 Å². The van der Waals surface area contributed by atoms with Gasteiger partial charge in [0.2, 0.25) is 5.95 Å². The molecule has 0 amide bonds. The summed E-state index contributed by atoms with van der Waals surface area (Å²) in [6.45, 7) is 5.66. The third kappa shape index (κ3) is 7.02. The van der Waals surface area contributed by atoms with E-state index in [1.54, 1.807) is 17.5 Å². The molecule has 0 spiro atoms. The van der Waals surface area contributed by atoms with E-state index in [9.17, 15) is 9.32 Å². The van der Waals surface area contributed by atoms with E-state index in [0.717, 1.165) is 35.8 Å². The predicted molar refractivity (Wildman–Crippen MR) is 147 cm³/mol. The minimum absolute atomic E-state index is 0.00545. The molecule has 188 valence electrons. The summed E-state index contributed by atoms with van der Waals surface area (Å²) >= 11 is 1.61. The molecule has 0 aliphatic carbocycles. The van der Waals surface area contributed by atoms with Gasteiger partial charge in [0.25, 0.3) is 0 Å². The molecule has 1 aliphatic heterocycles. The van der Waals surface area contributed by atoms with Crippen molar-refractivity contribution in [1.82, 2.24) is 19.6 Å². The van der Waals surface area contributed by atoms with Gasteiger partial charge in [0.1, 0.15) is 5.82 Å². The minimum Gasteiger partial charge on any atom is -0.394 e. The number of nitrogens with one attached hydrogen (secondary N) is 3. The van der Waals surface area contributed by atoms with Gasteiger partial charge in [-0.3, -0.25) is 0 Å². The first-order chi connectivity index (χ1) is 16.9. The summed E-state index contributed by atoms with van der Waals surface area (Å²) in [5, 5.41) is 18.0. The van der Waals surface area contributed by atoms with Crippen molar-refractivity contribution < 1.29 is 9.32 Å². The highest BCUT2D eigenvalue weighted by molar-refractivity contribution is 7.98. The van der Waals surface area contributed by atoms with Crippen molar-refractivity contribution >= 4 is 44.4 Å². The summed E-state index contributed by atoms with van der Waals surface area (Å²) < 4.78 is 16.3. The minimum atomic E-state index is -2.57. The van der Waals surface area contributed by atoms with Crippen LogP contribution in [-0.4, -0.2) is 68.9 Å². The monoisotopic (exact) mass is 514 g/mol. The number of hydrogen-bond acceptors (Lipinski definition) is 8. The molecule has 10 heteroatoms. The van der Waals surface area contributed by atoms with E-state index in [-0.39, 0.29) is 12.6 Å². The molecule has 3 aromatic rings. The Morgan fingerprint density at radius 3 is 2.66 bits per heavy atom. The molecule has 8 nitrogen and oxygen atoms in total. The van der Waals surface area contributed by atoms with E-state index < -0.39 is 9.71 Å². The average Bonchev–Trinajstić information content (AvgIpc) is 3.40. The number of benzene rings is 1. The van der Waals surface area contributed by atoms with Gasteiger partial charge < -0.3 is 20.6 Å². The number of hydrogen-bond donors (Lipinski definition) is 4. The number of rotatable bonds is 11. The van der Waals surface area contributed by atoms with Crippen LogP contribution < -0.4 is 15.4 Å². The van der Waals surface area contributed by atoms with Crippen LogP contribution in [0.3, 0.4) is 0 Å². The highest BCUT2D eigenvalue weighted by Gasteiger charge is 2.14. The third-order valence-corrected chi connectivity index (χ3v) is 8.54. The molecular formula is C25H34N6O2S2. The van der Waals surface area contributed by atoms with Crippen molar-refractivity contribution in [2.75, 3.05) is 43.4 Å². The summed E-state index contributed by atoms with van der Waals surface area (Å²) in [7, 11) is -2.57. The van der Waals surface area contributed by atoms with Gasteiger partial charge in [-0.1, -0.05) is 12.5 Å². The predicted octanol–water partition coefficient (Wildman–Crippen LogP) is 3.81. The fourth-order valence-electron chi connectivity index (χ4n) is 3.97. The molecule has 0 radical (unpaired) electrons. The van der Waals surface area contributed by atoms with Gasteiger partial charge >= 0.3 is 0 Å². The van der Waals surface area contributed by atoms with Gasteiger partial charge in [-0.15, -0.1) is 11.3 Å². The molecule has 1 fully saturated rings. The van der Waals surface area contributed by atoms with Gasteiger partial charge in [-0.05, 0) is 74.4 Å². The SMILES string of the molecule is C=S(=O)(NCCN1CCCCC1)c1ccc(Nc2ncc(-c3cccs3)c(N[C@H](C)CO)n2)cc1. The van der Waals surface area contributed by atoms with E-state index >= 15 is 0 Å². The first kappa shape index (κ1) is 25.6. The summed E-state index contributed by atoms with van der Waals surface area (Å²) in [6.07, 6.45) is 5.57. The second-order valence-electron chi connectivity index (χ2n) is 8.78. The van der Waals surface area contributed by atoms with Crippen LogP contribution >= 0.6 is 11.3 Å². The fraction of sp³-hybridized carbons (Fsp3) is 0.400. The second kappa shape index (κ2) is 12.0. The lowest BCUT2D eigenvalue weighted by Crippen LogP contribution is -2.37. The van der Waals surface area contributed by atoms with Gasteiger partial charge in [-0.25, -0.2) is 13.9 Å². The molecule has 1 aliphatic rings. The Hall–Kier alpha value is -2.50. The zero-order chi connectivity index (χ0) is 24.7. The van der Waals surface area contributed by atoms with Crippen molar-refractivity contribution in [1.29, 1.82) is 0 Å². The van der Waals surface area contributed by atoms with E-state index in [1.165, 1.54) is 19.3 Å². The Morgan fingerprint density at radius 1 is 1.20 bits per heavy atom. The summed E-state index contributed by atoms with van der Waals surface area (Å²) in [5.74, 6) is 5.03. The van der Waals surface area contributed by atoms with Crippen molar-refractivity contribution in [2.24, 2.45) is 0 Å². The van der Waals surface area contributed by atoms with Crippen LogP contribution in [0.25, 0.3) is 10.4 Å². The molecule has 1 aromatic carbocycles. The van der Waals surface area contributed by atoms with E-state index in [1.807, 2.05) is 48.7 Å². The highest BCUT2D eigenvalue weighted by Crippen LogP contribution is 2.31. The van der Waals surface area contributed by atoms with Crippen LogP contribution in [0.5, 0.6) is 0 Å². The molecule has 0 saturated carbocycles. The third-order valence-electron chi connectivity index (χ3n) is 5.94. The van der Waals surface area contributed by atoms with E-state index in [0.29, 0.717) is 23.2 Å². The quantitative estimate of drug-likeness (QED) is 0.289. The van der Waals surface area contributed by atoms with Crippen LogP contribution in [0.2, 0.25) is 0 Å². The number of aromatic nitrogens is 2. The maximum absolute atomic E-state index is 13.1. The number of thiophene rings is 1. The number of nitrogens with zero attached hydrogens (tertiary/aromatic N) is 3. The molecule has 35 heavy (non-hydrogen) atoms. The number of piperidine rings is 1. The molecular weight excluding hydrogens is 480 g/mol. The molecule has 1 unspecified atom stereocenters. The topological polar surface area (TPSA) is 102 Å². The number of likely N-dealkylation sites (tertiary alicyclic amines) is 1. The highest BCUT2D eigenvalue weighted by atomic mass is 32.2. The lowest BCUT2D eigenvalue weighted by Gasteiger charge is -2.26. The van der Waals surface area contributed by atoms with E-state index in [2.05, 4.69) is 36.1 Å². The van der Waals surface area contributed by atoms with Gasteiger partial charge in [0.15, 0.2) is 0 Å². The zero-order valence-corrected chi connectivity index (χ0v) is 21.7. The zero-order valence-electron chi connectivity index (χ0n) is 20.1. The van der Waals surface area contributed by atoms with Crippen molar-refractivity contribution in [3.63, 3.8) is 0 Å². The first-order valence-corrected chi connectivity index (χ1v) is 14.5. The largest absolute Gasteiger partial charge is 0.394 e. The summed E-state index contributed by atoms with van der Waals surface area (Å²) in [5.41, 5.74) is 1.66. The van der Waals surface area contributed by atoms with Crippen LogP contribution in [0.4, 0.5) is 17.5 Å². The Kier molecular flexibility index (Phi) is 8.74. The number of aliphatic hydroxyl groups is 1. The maximum atomic E-state index is 13.1. The van der Waals surface area contributed by atoms with Crippen molar-refractivity contribution in [3.8, 4) is 10.4 Å². The number of aliphatic hydroxyl groups excluding tert-OH is 1. The second-order valence-corrected chi connectivity index (χ2v) is 11.8. The molecule has 2 aromatic heterocycles. The molecule has 0 bridgehead atoms. The van der Waals surface area contributed by atoms with Crippen molar-refractivity contribution in [3.05, 3.63) is 48.0 Å². The van der Waals surface area contributed by atoms with Crippen molar-refractivity contribution in [2.45, 2.75) is 37.1 Å². The van der Waals surface area contributed by atoms with Gasteiger partial charge in [0, 0.05) is 40.8 Å². The summed E-state index contributed by atoms with van der Waals surface area (Å²) in [4.78, 5) is 13.2. The van der Waals surface area contributed by atoms with E-state index in [4.69, 9.17) is 0 Å². The van der Waals surface area contributed by atoms with Crippen LogP contribution in [0, 0.1) is 0 Å². The molecule has 2 atom stereocenters. The van der Waals surface area contributed by atoms with Crippen LogP contribution in [0.15, 0.2) is 52.9 Å². The van der Waals surface area contributed by atoms with Gasteiger partial charge in [-0.2, -0.15) is 4.98 Å². The number of anilines is 3. The van der Waals surface area contributed by atoms with Crippen LogP contribution in [-0.2, 0) is 9.71 Å². The molecule has 4 N–H and O–H groups in total. The Morgan fingerprint density at radius 2 is 1.97 bits per heavy atom. The molecule has 4 rings (SSSR count). The smallest absolute Gasteiger partial charge is 0.229 e. The lowest BCUT2D eigenvalue weighted by atomic mass is 10.1. The first-order valence-electron chi connectivity index (χ1n) is 11.9. The Bertz CT molecular complexity index is 1180. The normalized spacial score (nSPS) is 17.0. The summed E-state index contributed by atoms with van der Waals surface area (Å²) in [6, 6.07) is 11.2. The standard InChI is InChI=1S/C25H34N6O2S2/c1-19(18-32)28-24-22(23-7-6-16-34-23)17-26-25(30-24)29-20-8-10-21(11-9-20)35(2,33)27-12-15-31-13-4-3-5-14-31/h6-11,16-17,19,32H,2-5,12-15,18H2,1H3,(H,27,33)(H2,26,28,29,30)/t19-,35?/m1/s1. The Balaban J connectivity index is 1.41. The molecule has 3 heterocycles. The lowest BCUT2D eigenvalue weighted by molar-refractivity contribution is 0.233. The molecule has 1 saturated heterocycles.